The number of rotatable bonds is 13. The van der Waals surface area contributed by atoms with Crippen LogP contribution in [0.25, 0.3) is 0 Å². The van der Waals surface area contributed by atoms with Crippen LogP contribution in [0, 0.1) is 0 Å². The average Bonchev–Trinajstić information content (AvgIpc) is 3.42. The predicted octanol–water partition coefficient (Wildman–Crippen LogP) is 4.13. The molecule has 0 saturated heterocycles. The summed E-state index contributed by atoms with van der Waals surface area (Å²) in [6.07, 6.45) is 0.641. The van der Waals surface area contributed by atoms with Gasteiger partial charge in [0.1, 0.15) is 6.54 Å². The maximum Gasteiger partial charge on any atom is 0.254 e. The molecule has 7 nitrogen and oxygen atoms in total. The Hall–Kier alpha value is -3.36. The van der Waals surface area contributed by atoms with Gasteiger partial charge in [0, 0.05) is 30.6 Å². The molecule has 1 heterocycles. The molecule has 0 aliphatic heterocycles. The van der Waals surface area contributed by atoms with E-state index in [1.165, 1.54) is 0 Å². The van der Waals surface area contributed by atoms with Crippen molar-refractivity contribution >= 4 is 23.2 Å². The van der Waals surface area contributed by atoms with Crippen LogP contribution in [0.15, 0.2) is 66.0 Å². The van der Waals surface area contributed by atoms with E-state index in [2.05, 4.69) is 0 Å². The molecule has 0 saturated carbocycles. The third kappa shape index (κ3) is 7.56. The molecule has 3 rings (SSSR count). The van der Waals surface area contributed by atoms with Gasteiger partial charge in [-0.1, -0.05) is 30.3 Å². The largest absolute Gasteiger partial charge is 0.493 e. The fourth-order valence-corrected chi connectivity index (χ4v) is 4.38. The van der Waals surface area contributed by atoms with Crippen LogP contribution in [0.3, 0.4) is 0 Å². The zero-order chi connectivity index (χ0) is 25.0. The van der Waals surface area contributed by atoms with Crippen LogP contribution in [-0.4, -0.2) is 69.2 Å². The van der Waals surface area contributed by atoms with E-state index in [4.69, 9.17) is 14.2 Å². The molecule has 186 valence electrons. The molecule has 0 fully saturated rings. The number of methoxy groups -OCH3 is 3. The second-order valence-corrected chi connectivity index (χ2v) is 8.95. The number of carbonyl (C=O) groups excluding carboxylic acids is 2. The van der Waals surface area contributed by atoms with Gasteiger partial charge in [-0.15, -0.1) is 11.3 Å². The molecule has 3 aromatic rings. The highest BCUT2D eigenvalue weighted by atomic mass is 32.1. The normalized spacial score (nSPS) is 10.6. The van der Waals surface area contributed by atoms with E-state index in [-0.39, 0.29) is 18.4 Å². The molecule has 0 bridgehead atoms. The van der Waals surface area contributed by atoms with Crippen molar-refractivity contribution in [2.24, 2.45) is 0 Å². The summed E-state index contributed by atoms with van der Waals surface area (Å²) in [7, 11) is 4.79. The Kier molecular flexibility index (Phi) is 10.1. The van der Waals surface area contributed by atoms with Crippen molar-refractivity contribution in [2.75, 3.05) is 47.6 Å². The first-order valence-corrected chi connectivity index (χ1v) is 12.3. The Bertz CT molecular complexity index is 1070. The lowest BCUT2D eigenvalue weighted by atomic mass is 10.1. The van der Waals surface area contributed by atoms with Crippen LogP contribution in [0.1, 0.15) is 20.8 Å². The zero-order valence-corrected chi connectivity index (χ0v) is 21.3. The standard InChI is InChI=1S/C27H32N2O5S/c1-32-16-15-29(27(31)22-8-5-4-6-9-22)20-26(30)28(19-23-10-7-17-35-23)14-13-21-11-12-24(33-2)25(18-21)34-3/h4-12,17-18H,13-16,19-20H2,1-3H3. The van der Waals surface area contributed by atoms with Crippen molar-refractivity contribution < 1.29 is 23.8 Å². The predicted molar refractivity (Wildman–Crippen MR) is 137 cm³/mol. The third-order valence-corrected chi connectivity index (χ3v) is 6.46. The Morgan fingerprint density at radius 1 is 0.857 bits per heavy atom. The number of hydrogen-bond donors (Lipinski definition) is 0. The minimum absolute atomic E-state index is 0.0194. The molecule has 35 heavy (non-hydrogen) atoms. The van der Waals surface area contributed by atoms with Crippen LogP contribution in [0.5, 0.6) is 11.5 Å². The van der Waals surface area contributed by atoms with Crippen LogP contribution in [0.2, 0.25) is 0 Å². The van der Waals surface area contributed by atoms with Crippen LogP contribution in [0.4, 0.5) is 0 Å². The molecular formula is C27H32N2O5S. The molecule has 0 unspecified atom stereocenters. The highest BCUT2D eigenvalue weighted by molar-refractivity contribution is 7.09. The van der Waals surface area contributed by atoms with Crippen LogP contribution < -0.4 is 9.47 Å². The van der Waals surface area contributed by atoms with Crippen molar-refractivity contribution in [2.45, 2.75) is 13.0 Å². The number of benzene rings is 2. The molecule has 0 atom stereocenters. The van der Waals surface area contributed by atoms with Crippen molar-refractivity contribution in [1.82, 2.24) is 9.80 Å². The van der Waals surface area contributed by atoms with Crippen LogP contribution >= 0.6 is 11.3 Å². The van der Waals surface area contributed by atoms with Crippen LogP contribution in [-0.2, 0) is 22.5 Å². The minimum atomic E-state index is -0.188. The molecule has 2 amide bonds. The molecule has 0 radical (unpaired) electrons. The number of hydrogen-bond acceptors (Lipinski definition) is 6. The van der Waals surface area contributed by atoms with E-state index in [1.54, 1.807) is 54.6 Å². The summed E-state index contributed by atoms with van der Waals surface area (Å²) < 4.78 is 15.9. The first-order chi connectivity index (χ1) is 17.0. The molecular weight excluding hydrogens is 464 g/mol. The fraction of sp³-hybridized carbons (Fsp3) is 0.333. The molecule has 0 aliphatic rings. The summed E-state index contributed by atoms with van der Waals surface area (Å²) >= 11 is 1.61. The van der Waals surface area contributed by atoms with Gasteiger partial charge in [0.2, 0.25) is 5.91 Å². The van der Waals surface area contributed by atoms with Crippen molar-refractivity contribution in [1.29, 1.82) is 0 Å². The highest BCUT2D eigenvalue weighted by Gasteiger charge is 2.23. The number of amides is 2. The van der Waals surface area contributed by atoms with E-state index in [1.807, 2.05) is 53.9 Å². The SMILES string of the molecule is COCCN(CC(=O)N(CCc1ccc(OC)c(OC)c1)Cc1cccs1)C(=O)c1ccccc1. The van der Waals surface area contributed by atoms with E-state index in [9.17, 15) is 9.59 Å². The first-order valence-electron chi connectivity index (χ1n) is 11.4. The lowest BCUT2D eigenvalue weighted by Crippen LogP contribution is -2.44. The summed E-state index contributed by atoms with van der Waals surface area (Å²) in [5.41, 5.74) is 1.58. The molecule has 8 heteroatoms. The monoisotopic (exact) mass is 496 g/mol. The summed E-state index contributed by atoms with van der Waals surface area (Å²) in [5.74, 6) is 1.02. The molecule has 0 aliphatic carbocycles. The maximum atomic E-state index is 13.5. The Labute approximate surface area is 210 Å². The summed E-state index contributed by atoms with van der Waals surface area (Å²) in [6, 6.07) is 18.8. The Morgan fingerprint density at radius 2 is 1.63 bits per heavy atom. The van der Waals surface area contributed by atoms with Gasteiger partial charge in [-0.05, 0) is 47.7 Å². The molecule has 0 spiro atoms. The first kappa shape index (κ1) is 26.2. The molecule has 1 aromatic heterocycles. The van der Waals surface area contributed by atoms with Gasteiger partial charge in [-0.2, -0.15) is 0 Å². The van der Waals surface area contributed by atoms with Gasteiger partial charge in [0.25, 0.3) is 5.91 Å². The minimum Gasteiger partial charge on any atom is -0.493 e. The molecule has 0 N–H and O–H groups in total. The topological polar surface area (TPSA) is 68.3 Å². The van der Waals surface area contributed by atoms with E-state index in [0.717, 1.165) is 10.4 Å². The van der Waals surface area contributed by atoms with Gasteiger partial charge in [0.15, 0.2) is 11.5 Å². The molecule has 2 aromatic carbocycles. The second kappa shape index (κ2) is 13.5. The quantitative estimate of drug-likeness (QED) is 0.356. The zero-order valence-electron chi connectivity index (χ0n) is 20.4. The Morgan fingerprint density at radius 3 is 2.29 bits per heavy atom. The van der Waals surface area contributed by atoms with E-state index < -0.39 is 0 Å². The van der Waals surface area contributed by atoms with Gasteiger partial charge in [0.05, 0.1) is 27.4 Å². The highest BCUT2D eigenvalue weighted by Crippen LogP contribution is 2.28. The van der Waals surface area contributed by atoms with Gasteiger partial charge in [-0.3, -0.25) is 9.59 Å². The summed E-state index contributed by atoms with van der Waals surface area (Å²) in [6.45, 7) is 1.65. The van der Waals surface area contributed by atoms with Gasteiger partial charge in [-0.25, -0.2) is 0 Å². The maximum absolute atomic E-state index is 13.5. The van der Waals surface area contributed by atoms with E-state index >= 15 is 0 Å². The fourth-order valence-electron chi connectivity index (χ4n) is 3.66. The second-order valence-electron chi connectivity index (χ2n) is 7.92. The number of ether oxygens (including phenoxy) is 3. The van der Waals surface area contributed by atoms with Crippen molar-refractivity contribution in [3.63, 3.8) is 0 Å². The lowest BCUT2D eigenvalue weighted by molar-refractivity contribution is -0.132. The number of carbonyl (C=O) groups is 2. The van der Waals surface area contributed by atoms with Gasteiger partial charge < -0.3 is 24.0 Å². The average molecular weight is 497 g/mol. The van der Waals surface area contributed by atoms with E-state index in [0.29, 0.717) is 49.7 Å². The smallest absolute Gasteiger partial charge is 0.254 e. The Balaban J connectivity index is 1.75. The van der Waals surface area contributed by atoms with Crippen molar-refractivity contribution in [3.8, 4) is 11.5 Å². The summed E-state index contributed by atoms with van der Waals surface area (Å²) in [4.78, 5) is 31.0. The summed E-state index contributed by atoms with van der Waals surface area (Å²) in [5, 5.41) is 2.00. The van der Waals surface area contributed by atoms with Gasteiger partial charge >= 0.3 is 0 Å². The number of thiophene rings is 1. The third-order valence-electron chi connectivity index (χ3n) is 5.60. The number of nitrogens with zero attached hydrogens (tertiary/aromatic N) is 2. The lowest BCUT2D eigenvalue weighted by Gasteiger charge is -2.27. The van der Waals surface area contributed by atoms with Crippen molar-refractivity contribution in [3.05, 3.63) is 82.0 Å².